The number of aliphatic hydroxyl groups excluding tert-OH is 1. The minimum atomic E-state index is -0.402. The smallest absolute Gasteiger partial charge is 0.0761 e. The van der Waals surface area contributed by atoms with Gasteiger partial charge in [-0.15, -0.1) is 0 Å². The Kier molecular flexibility index (Phi) is 3.45. The summed E-state index contributed by atoms with van der Waals surface area (Å²) < 4.78 is 0. The van der Waals surface area contributed by atoms with E-state index in [-0.39, 0.29) is 0 Å². The molecule has 2 nitrogen and oxygen atoms in total. The molecule has 0 spiro atoms. The molecular formula is C15H17NO. The second-order valence-corrected chi connectivity index (χ2v) is 4.34. The van der Waals surface area contributed by atoms with Gasteiger partial charge in [-0.1, -0.05) is 36.4 Å². The summed E-state index contributed by atoms with van der Waals surface area (Å²) >= 11 is 0. The van der Waals surface area contributed by atoms with Gasteiger partial charge in [-0.3, -0.25) is 0 Å². The van der Waals surface area contributed by atoms with Crippen LogP contribution in [0.4, 0.5) is 5.69 Å². The van der Waals surface area contributed by atoms with Crippen LogP contribution in [0.25, 0.3) is 0 Å². The predicted molar refractivity (Wildman–Crippen MR) is 70.7 cm³/mol. The molecule has 0 saturated heterocycles. The van der Waals surface area contributed by atoms with Crippen LogP contribution in [0.3, 0.4) is 0 Å². The van der Waals surface area contributed by atoms with Gasteiger partial charge < -0.3 is 10.8 Å². The molecule has 2 rings (SSSR count). The largest absolute Gasteiger partial charge is 0.399 e. The van der Waals surface area contributed by atoms with E-state index in [1.54, 1.807) is 6.92 Å². The lowest BCUT2D eigenvalue weighted by atomic mass is 10.0. The summed E-state index contributed by atoms with van der Waals surface area (Å²) in [5.74, 6) is 0. The predicted octanol–water partition coefficient (Wildman–Crippen LogP) is 2.91. The molecule has 1 atom stereocenters. The maximum Gasteiger partial charge on any atom is 0.0761 e. The van der Waals surface area contributed by atoms with E-state index < -0.39 is 6.10 Å². The quantitative estimate of drug-likeness (QED) is 0.792. The number of anilines is 1. The number of hydrogen-bond donors (Lipinski definition) is 2. The summed E-state index contributed by atoms with van der Waals surface area (Å²) in [4.78, 5) is 0. The molecule has 3 N–H and O–H groups in total. The van der Waals surface area contributed by atoms with Gasteiger partial charge in [0.1, 0.15) is 0 Å². The molecule has 0 aliphatic rings. The molecule has 2 heteroatoms. The fraction of sp³-hybridized carbons (Fsp3) is 0.200. The molecule has 0 bridgehead atoms. The van der Waals surface area contributed by atoms with Crippen molar-refractivity contribution in [1.82, 2.24) is 0 Å². The fourth-order valence-corrected chi connectivity index (χ4v) is 1.79. The first-order valence-corrected chi connectivity index (χ1v) is 5.76. The van der Waals surface area contributed by atoms with E-state index in [1.165, 1.54) is 11.1 Å². The van der Waals surface area contributed by atoms with Crippen molar-refractivity contribution in [2.75, 3.05) is 5.73 Å². The number of nitrogen functional groups attached to an aromatic ring is 1. The Morgan fingerprint density at radius 1 is 0.941 bits per heavy atom. The highest BCUT2D eigenvalue weighted by atomic mass is 16.3. The lowest BCUT2D eigenvalue weighted by molar-refractivity contribution is 0.199. The number of aliphatic hydroxyl groups is 1. The number of rotatable bonds is 3. The van der Waals surface area contributed by atoms with E-state index in [9.17, 15) is 5.11 Å². The van der Waals surface area contributed by atoms with Gasteiger partial charge in [0.05, 0.1) is 6.10 Å². The summed E-state index contributed by atoms with van der Waals surface area (Å²) in [6.45, 7) is 1.77. The van der Waals surface area contributed by atoms with Crippen LogP contribution in [0.15, 0.2) is 48.5 Å². The zero-order valence-corrected chi connectivity index (χ0v) is 9.93. The van der Waals surface area contributed by atoms with Gasteiger partial charge in [-0.05, 0) is 42.2 Å². The Hall–Kier alpha value is -1.80. The molecule has 0 fully saturated rings. The molecule has 0 aliphatic heterocycles. The summed E-state index contributed by atoms with van der Waals surface area (Å²) in [6.07, 6.45) is 0.487. The Balaban J connectivity index is 2.11. The first kappa shape index (κ1) is 11.7. The molecular weight excluding hydrogens is 210 g/mol. The average molecular weight is 227 g/mol. The van der Waals surface area contributed by atoms with E-state index >= 15 is 0 Å². The van der Waals surface area contributed by atoms with E-state index in [2.05, 4.69) is 12.1 Å². The minimum Gasteiger partial charge on any atom is -0.399 e. The standard InChI is InChI=1S/C15H17NO/c1-11(17)14-6-2-12(3-7-14)10-13-4-8-15(16)9-5-13/h2-9,11,17H,10,16H2,1H3. The molecule has 0 saturated carbocycles. The van der Waals surface area contributed by atoms with Crippen LogP contribution < -0.4 is 5.73 Å². The average Bonchev–Trinajstić information content (AvgIpc) is 2.33. The van der Waals surface area contributed by atoms with Crippen molar-refractivity contribution in [3.05, 3.63) is 65.2 Å². The third-order valence-electron chi connectivity index (χ3n) is 2.85. The Labute approximate surface area is 102 Å². The molecule has 2 aromatic rings. The van der Waals surface area contributed by atoms with Gasteiger partial charge >= 0.3 is 0 Å². The molecule has 0 aliphatic carbocycles. The summed E-state index contributed by atoms with van der Waals surface area (Å²) in [5.41, 5.74) is 9.86. The van der Waals surface area contributed by atoms with Gasteiger partial charge in [-0.25, -0.2) is 0 Å². The normalized spacial score (nSPS) is 12.4. The van der Waals surface area contributed by atoms with Crippen molar-refractivity contribution in [1.29, 1.82) is 0 Å². The van der Waals surface area contributed by atoms with Crippen molar-refractivity contribution < 1.29 is 5.11 Å². The Morgan fingerprint density at radius 3 is 1.88 bits per heavy atom. The van der Waals surface area contributed by atoms with Gasteiger partial charge in [-0.2, -0.15) is 0 Å². The van der Waals surface area contributed by atoms with Crippen molar-refractivity contribution in [2.45, 2.75) is 19.4 Å². The lowest BCUT2D eigenvalue weighted by Crippen LogP contribution is -1.93. The van der Waals surface area contributed by atoms with E-state index in [0.29, 0.717) is 0 Å². The van der Waals surface area contributed by atoms with Crippen molar-refractivity contribution in [3.63, 3.8) is 0 Å². The van der Waals surface area contributed by atoms with Crippen molar-refractivity contribution in [2.24, 2.45) is 0 Å². The molecule has 17 heavy (non-hydrogen) atoms. The first-order valence-electron chi connectivity index (χ1n) is 5.76. The highest BCUT2D eigenvalue weighted by Gasteiger charge is 2.01. The van der Waals surface area contributed by atoms with Crippen molar-refractivity contribution in [3.8, 4) is 0 Å². The zero-order chi connectivity index (χ0) is 12.3. The van der Waals surface area contributed by atoms with Gasteiger partial charge in [0.15, 0.2) is 0 Å². The Morgan fingerprint density at radius 2 is 1.41 bits per heavy atom. The third-order valence-corrected chi connectivity index (χ3v) is 2.85. The Bertz CT molecular complexity index is 471. The van der Waals surface area contributed by atoms with E-state index in [4.69, 9.17) is 5.73 Å². The van der Waals surface area contributed by atoms with Crippen LogP contribution in [0.1, 0.15) is 29.7 Å². The SMILES string of the molecule is CC(O)c1ccc(Cc2ccc(N)cc2)cc1. The minimum absolute atomic E-state index is 0.402. The second-order valence-electron chi connectivity index (χ2n) is 4.34. The maximum atomic E-state index is 9.42. The molecule has 1 unspecified atom stereocenters. The topological polar surface area (TPSA) is 46.2 Å². The number of benzene rings is 2. The maximum absolute atomic E-state index is 9.42. The molecule has 0 amide bonds. The van der Waals surface area contributed by atoms with Crippen molar-refractivity contribution >= 4 is 5.69 Å². The van der Waals surface area contributed by atoms with Crippen LogP contribution in [-0.4, -0.2) is 5.11 Å². The second kappa shape index (κ2) is 5.02. The fourth-order valence-electron chi connectivity index (χ4n) is 1.79. The molecule has 0 aromatic heterocycles. The number of nitrogens with two attached hydrogens (primary N) is 1. The summed E-state index contributed by atoms with van der Waals surface area (Å²) in [7, 11) is 0. The monoisotopic (exact) mass is 227 g/mol. The van der Waals surface area contributed by atoms with Gasteiger partial charge in [0.25, 0.3) is 0 Å². The highest BCUT2D eigenvalue weighted by molar-refractivity contribution is 5.40. The van der Waals surface area contributed by atoms with Crippen LogP contribution in [0.5, 0.6) is 0 Å². The van der Waals surface area contributed by atoms with Crippen LogP contribution in [-0.2, 0) is 6.42 Å². The molecule has 0 heterocycles. The highest BCUT2D eigenvalue weighted by Crippen LogP contribution is 2.16. The molecule has 2 aromatic carbocycles. The molecule has 88 valence electrons. The van der Waals surface area contributed by atoms with Crippen LogP contribution in [0, 0.1) is 0 Å². The van der Waals surface area contributed by atoms with E-state index in [1.807, 2.05) is 36.4 Å². The lowest BCUT2D eigenvalue weighted by Gasteiger charge is -2.06. The van der Waals surface area contributed by atoms with Crippen LogP contribution in [0.2, 0.25) is 0 Å². The van der Waals surface area contributed by atoms with Gasteiger partial charge in [0, 0.05) is 5.69 Å². The van der Waals surface area contributed by atoms with Crippen LogP contribution >= 0.6 is 0 Å². The zero-order valence-electron chi connectivity index (χ0n) is 9.93. The summed E-state index contributed by atoms with van der Waals surface area (Å²) in [6, 6.07) is 16.0. The number of hydrogen-bond acceptors (Lipinski definition) is 2. The molecule has 0 radical (unpaired) electrons. The first-order chi connectivity index (χ1) is 8.15. The summed E-state index contributed by atoms with van der Waals surface area (Å²) in [5, 5.41) is 9.42. The van der Waals surface area contributed by atoms with E-state index in [0.717, 1.165) is 17.7 Å². The third kappa shape index (κ3) is 3.08. The van der Waals surface area contributed by atoms with Gasteiger partial charge in [0.2, 0.25) is 0 Å².